The first-order chi connectivity index (χ1) is 13.0. The van der Waals surface area contributed by atoms with Crippen LogP contribution in [0.4, 0.5) is 10.5 Å². The number of nitrogens with one attached hydrogen (secondary N) is 1. The van der Waals surface area contributed by atoms with Crippen LogP contribution in [-0.2, 0) is 11.3 Å². The van der Waals surface area contributed by atoms with Crippen molar-refractivity contribution in [3.8, 4) is 0 Å². The van der Waals surface area contributed by atoms with Gasteiger partial charge >= 0.3 is 6.16 Å². The average molecular weight is 363 g/mol. The molecule has 1 aromatic heterocycles. The van der Waals surface area contributed by atoms with E-state index in [1.807, 2.05) is 31.2 Å². The molecule has 0 unspecified atom stereocenters. The highest BCUT2D eigenvalue weighted by Gasteiger charge is 2.24. The van der Waals surface area contributed by atoms with E-state index in [1.54, 1.807) is 18.2 Å². The van der Waals surface area contributed by atoms with Crippen molar-refractivity contribution in [1.29, 1.82) is 0 Å². The van der Waals surface area contributed by atoms with Gasteiger partial charge in [-0.15, -0.1) is 0 Å². The smallest absolute Gasteiger partial charge is 0.456 e. The van der Waals surface area contributed by atoms with Gasteiger partial charge in [0.25, 0.3) is 0 Å². The van der Waals surface area contributed by atoms with Crippen LogP contribution in [0.25, 0.3) is 22.6 Å². The maximum absolute atomic E-state index is 12.8. The molecule has 1 heterocycles. The second-order valence-electron chi connectivity index (χ2n) is 6.45. The number of allylic oxidation sites excluding steroid dienone is 1. The van der Waals surface area contributed by atoms with Gasteiger partial charge in [-0.05, 0) is 54.7 Å². The van der Waals surface area contributed by atoms with Crippen molar-refractivity contribution in [2.24, 2.45) is 0 Å². The van der Waals surface area contributed by atoms with Crippen LogP contribution in [-0.4, -0.2) is 11.3 Å². The van der Waals surface area contributed by atoms with Crippen LogP contribution in [0.15, 0.2) is 51.7 Å². The van der Waals surface area contributed by atoms with E-state index in [2.05, 4.69) is 16.4 Å². The molecule has 1 aliphatic carbocycles. The Bertz CT molecular complexity index is 1140. The van der Waals surface area contributed by atoms with Gasteiger partial charge in [-0.3, -0.25) is 4.79 Å². The summed E-state index contributed by atoms with van der Waals surface area (Å²) >= 11 is 0. The Morgan fingerprint density at radius 1 is 1.22 bits per heavy atom. The van der Waals surface area contributed by atoms with Crippen molar-refractivity contribution in [1.82, 2.24) is 0 Å². The van der Waals surface area contributed by atoms with E-state index < -0.39 is 6.16 Å². The van der Waals surface area contributed by atoms with Gasteiger partial charge in [0.2, 0.25) is 0 Å². The summed E-state index contributed by atoms with van der Waals surface area (Å²) in [6, 6.07) is 12.8. The third kappa shape index (κ3) is 3.17. The van der Waals surface area contributed by atoms with Gasteiger partial charge in [0.15, 0.2) is 5.43 Å². The van der Waals surface area contributed by atoms with Crippen LogP contribution in [0.5, 0.6) is 0 Å². The fourth-order valence-electron chi connectivity index (χ4n) is 3.33. The first kappa shape index (κ1) is 16.9. The zero-order chi connectivity index (χ0) is 19.0. The number of hydrogen-bond donors (Lipinski definition) is 2. The highest BCUT2D eigenvalue weighted by atomic mass is 16.8. The summed E-state index contributed by atoms with van der Waals surface area (Å²) in [5, 5.41) is 9.06. The Morgan fingerprint density at radius 2 is 2.04 bits per heavy atom. The molecule has 0 radical (unpaired) electrons. The molecule has 0 saturated carbocycles. The highest BCUT2D eigenvalue weighted by Crippen LogP contribution is 2.35. The number of benzene rings is 2. The molecule has 0 spiro atoms. The molecule has 0 saturated heterocycles. The molecule has 1 aliphatic rings. The molecular weight excluding hydrogens is 346 g/mol. The molecule has 136 valence electrons. The van der Waals surface area contributed by atoms with Crippen LogP contribution in [0.3, 0.4) is 0 Å². The van der Waals surface area contributed by atoms with E-state index in [0.717, 1.165) is 23.1 Å². The van der Waals surface area contributed by atoms with Crippen LogP contribution in [0.2, 0.25) is 0 Å². The van der Waals surface area contributed by atoms with E-state index in [0.29, 0.717) is 34.4 Å². The van der Waals surface area contributed by atoms with Gasteiger partial charge in [-0.1, -0.05) is 24.3 Å². The van der Waals surface area contributed by atoms with Gasteiger partial charge in [0.1, 0.15) is 11.3 Å². The molecule has 2 N–H and O–H groups in total. The number of rotatable bonds is 3. The number of carbonyl (C=O) groups is 1. The summed E-state index contributed by atoms with van der Waals surface area (Å²) in [7, 11) is 0. The summed E-state index contributed by atoms with van der Waals surface area (Å²) < 4.78 is 6.05. The predicted octanol–water partition coefficient (Wildman–Crippen LogP) is 4.61. The molecule has 6 heteroatoms. The van der Waals surface area contributed by atoms with E-state index in [1.165, 1.54) is 0 Å². The maximum Gasteiger partial charge on any atom is 0.530 e. The van der Waals surface area contributed by atoms with Gasteiger partial charge in [-0.25, -0.2) is 10.3 Å². The minimum absolute atomic E-state index is 0.0508. The molecule has 0 bridgehead atoms. The number of hydrogen-bond acceptors (Lipinski definition) is 5. The first-order valence-corrected chi connectivity index (χ1v) is 8.55. The second kappa shape index (κ2) is 6.64. The summed E-state index contributed by atoms with van der Waals surface area (Å²) in [4.78, 5) is 27.7. The van der Waals surface area contributed by atoms with Crippen LogP contribution in [0, 0.1) is 6.92 Å². The number of carboxylic acid groups (broad SMARTS) is 1. The van der Waals surface area contributed by atoms with E-state index >= 15 is 0 Å². The fourth-order valence-corrected chi connectivity index (χ4v) is 3.33. The normalized spacial score (nSPS) is 14.3. The molecule has 0 atom stereocenters. The molecule has 6 nitrogen and oxygen atoms in total. The minimum Gasteiger partial charge on any atom is -0.456 e. The average Bonchev–Trinajstić information content (AvgIpc) is 3.05. The van der Waals surface area contributed by atoms with E-state index in [-0.39, 0.29) is 5.43 Å². The third-order valence-corrected chi connectivity index (χ3v) is 4.70. The zero-order valence-electron chi connectivity index (χ0n) is 14.6. The largest absolute Gasteiger partial charge is 0.530 e. The maximum atomic E-state index is 12.8. The molecule has 0 aliphatic heterocycles. The first-order valence-electron chi connectivity index (χ1n) is 8.55. The van der Waals surface area contributed by atoms with E-state index in [4.69, 9.17) is 9.52 Å². The summed E-state index contributed by atoms with van der Waals surface area (Å²) in [6.07, 6.45) is 2.00. The van der Waals surface area contributed by atoms with Gasteiger partial charge in [0.05, 0.1) is 11.1 Å². The molecular formula is C21H17NO5. The monoisotopic (exact) mass is 363 g/mol. The van der Waals surface area contributed by atoms with Crippen molar-refractivity contribution in [3.63, 3.8) is 0 Å². The third-order valence-electron chi connectivity index (χ3n) is 4.70. The van der Waals surface area contributed by atoms with E-state index in [9.17, 15) is 9.59 Å². The van der Waals surface area contributed by atoms with Crippen LogP contribution >= 0.6 is 0 Å². The van der Waals surface area contributed by atoms with Gasteiger partial charge < -0.3 is 14.4 Å². The van der Waals surface area contributed by atoms with Crippen molar-refractivity contribution in [2.45, 2.75) is 19.8 Å². The molecule has 0 fully saturated rings. The molecule has 2 aromatic carbocycles. The van der Waals surface area contributed by atoms with Crippen LogP contribution < -0.4 is 10.9 Å². The zero-order valence-corrected chi connectivity index (χ0v) is 14.6. The Hall–Kier alpha value is -3.54. The highest BCUT2D eigenvalue weighted by molar-refractivity contribution is 5.88. The minimum atomic E-state index is -1.45. The standard InChI is InChI=1S/C21H17NO5/c1-12-4-2-3-5-13(12)10-14-6-8-17-19(23)16-9-7-15(22-27-21(24)25)11-18(16)26-20(14)17/h2-5,7,9-11,22H,6,8H2,1H3,(H,24,25). The van der Waals surface area contributed by atoms with Gasteiger partial charge in [0, 0.05) is 11.6 Å². The van der Waals surface area contributed by atoms with Crippen molar-refractivity contribution < 1.29 is 19.2 Å². The Labute approximate surface area is 154 Å². The van der Waals surface area contributed by atoms with Crippen LogP contribution in [0.1, 0.15) is 28.9 Å². The topological polar surface area (TPSA) is 88.8 Å². The van der Waals surface area contributed by atoms with Crippen molar-refractivity contribution >= 4 is 34.5 Å². The Balaban J connectivity index is 1.80. The number of anilines is 1. The Kier molecular flexibility index (Phi) is 4.16. The van der Waals surface area contributed by atoms with Crippen molar-refractivity contribution in [2.75, 3.05) is 5.48 Å². The summed E-state index contributed by atoms with van der Waals surface area (Å²) in [5.74, 6) is 0.604. The lowest BCUT2D eigenvalue weighted by atomic mass is 10.0. The number of aryl methyl sites for hydroxylation is 1. The molecule has 3 aromatic rings. The molecule has 27 heavy (non-hydrogen) atoms. The summed E-state index contributed by atoms with van der Waals surface area (Å²) in [6.45, 7) is 2.04. The molecule has 0 amide bonds. The lowest BCUT2D eigenvalue weighted by Crippen LogP contribution is -2.10. The Morgan fingerprint density at radius 3 is 2.81 bits per heavy atom. The number of fused-ring (bicyclic) bond motifs is 2. The SMILES string of the molecule is Cc1ccccc1C=C1CCc2c1oc1cc(NOC(=O)O)ccc1c2=O. The lowest BCUT2D eigenvalue weighted by Gasteiger charge is -2.07. The van der Waals surface area contributed by atoms with Gasteiger partial charge in [-0.2, -0.15) is 0 Å². The predicted molar refractivity (Wildman–Crippen MR) is 103 cm³/mol. The quantitative estimate of drug-likeness (QED) is 0.661. The van der Waals surface area contributed by atoms with Crippen molar-refractivity contribution in [3.05, 3.63) is 75.1 Å². The fraction of sp³-hybridized carbons (Fsp3) is 0.143. The lowest BCUT2D eigenvalue weighted by molar-refractivity contribution is 0.112. The summed E-state index contributed by atoms with van der Waals surface area (Å²) in [5.41, 5.74) is 6.94. The second-order valence-corrected chi connectivity index (χ2v) is 6.45. The molecule has 4 rings (SSSR count).